The first-order valence-electron chi connectivity index (χ1n) is 6.71. The summed E-state index contributed by atoms with van der Waals surface area (Å²) in [4.78, 5) is 12.9. The van der Waals surface area contributed by atoms with Crippen LogP contribution in [-0.2, 0) is 20.0 Å². The van der Waals surface area contributed by atoms with Crippen LogP contribution in [0.15, 0.2) is 36.9 Å². The number of anilines is 1. The highest BCUT2D eigenvalue weighted by molar-refractivity contribution is 5.82. The maximum absolute atomic E-state index is 4.34. The maximum Gasteiger partial charge on any atom is 0.165 e. The first-order chi connectivity index (χ1) is 9.78. The Hall–Kier alpha value is -2.43. The van der Waals surface area contributed by atoms with Crippen LogP contribution in [-0.4, -0.2) is 19.5 Å². The predicted molar refractivity (Wildman–Crippen MR) is 79.5 cm³/mol. The van der Waals surface area contributed by atoms with Gasteiger partial charge >= 0.3 is 0 Å². The first-order valence-corrected chi connectivity index (χ1v) is 6.71. The van der Waals surface area contributed by atoms with E-state index < -0.39 is 0 Å². The highest BCUT2D eigenvalue weighted by Gasteiger charge is 2.07. The van der Waals surface area contributed by atoms with Crippen LogP contribution in [0.4, 0.5) is 5.82 Å². The quantitative estimate of drug-likeness (QED) is 0.789. The standard InChI is InChI=1S/C15H17N5/c1-3-11-5-4-6-12(7-11)8-16-14-13-15(18-9-17-14)20(2)10-19-13/h4-7,9-10H,3,8H2,1-2H3,(H,16,17,18). The van der Waals surface area contributed by atoms with Gasteiger partial charge in [-0.3, -0.25) is 0 Å². The Morgan fingerprint density at radius 2 is 2.00 bits per heavy atom. The number of nitrogens with zero attached hydrogens (tertiary/aromatic N) is 4. The SMILES string of the molecule is CCc1cccc(CNc2ncnc3c2ncn3C)c1. The summed E-state index contributed by atoms with van der Waals surface area (Å²) in [5.74, 6) is 0.775. The molecule has 0 aliphatic rings. The molecule has 1 aromatic carbocycles. The summed E-state index contributed by atoms with van der Waals surface area (Å²) in [6.45, 7) is 2.89. The van der Waals surface area contributed by atoms with Crippen LogP contribution in [0.1, 0.15) is 18.1 Å². The molecule has 0 atom stereocenters. The number of aromatic nitrogens is 4. The number of fused-ring (bicyclic) bond motifs is 1. The fraction of sp³-hybridized carbons (Fsp3) is 0.267. The van der Waals surface area contributed by atoms with E-state index in [9.17, 15) is 0 Å². The number of aryl methyl sites for hydroxylation is 2. The number of hydrogen-bond donors (Lipinski definition) is 1. The van der Waals surface area contributed by atoms with Gasteiger partial charge in [-0.05, 0) is 17.5 Å². The topological polar surface area (TPSA) is 55.6 Å². The number of imidazole rings is 1. The van der Waals surface area contributed by atoms with Gasteiger partial charge < -0.3 is 9.88 Å². The van der Waals surface area contributed by atoms with E-state index in [0.29, 0.717) is 0 Å². The van der Waals surface area contributed by atoms with Crippen molar-refractivity contribution in [2.75, 3.05) is 5.32 Å². The molecule has 3 aromatic rings. The molecule has 0 aliphatic carbocycles. The monoisotopic (exact) mass is 267 g/mol. The van der Waals surface area contributed by atoms with E-state index in [1.165, 1.54) is 11.1 Å². The lowest BCUT2D eigenvalue weighted by atomic mass is 10.1. The third-order valence-electron chi connectivity index (χ3n) is 3.36. The minimum Gasteiger partial charge on any atom is -0.364 e. The van der Waals surface area contributed by atoms with Crippen molar-refractivity contribution in [3.63, 3.8) is 0 Å². The molecular weight excluding hydrogens is 250 g/mol. The predicted octanol–water partition coefficient (Wildman–Crippen LogP) is 2.54. The lowest BCUT2D eigenvalue weighted by molar-refractivity contribution is 0.928. The normalized spacial score (nSPS) is 10.9. The summed E-state index contributed by atoms with van der Waals surface area (Å²) >= 11 is 0. The maximum atomic E-state index is 4.34. The van der Waals surface area contributed by atoms with Crippen LogP contribution in [0.25, 0.3) is 11.2 Å². The summed E-state index contributed by atoms with van der Waals surface area (Å²) in [6, 6.07) is 8.56. The van der Waals surface area contributed by atoms with Gasteiger partial charge in [-0.15, -0.1) is 0 Å². The average Bonchev–Trinajstić information content (AvgIpc) is 2.88. The number of benzene rings is 1. The zero-order chi connectivity index (χ0) is 13.9. The molecule has 0 amide bonds. The van der Waals surface area contributed by atoms with E-state index >= 15 is 0 Å². The van der Waals surface area contributed by atoms with Gasteiger partial charge in [-0.1, -0.05) is 31.2 Å². The smallest absolute Gasteiger partial charge is 0.165 e. The molecule has 3 rings (SSSR count). The molecule has 0 saturated heterocycles. The van der Waals surface area contributed by atoms with Crippen molar-refractivity contribution in [3.05, 3.63) is 48.0 Å². The third-order valence-corrected chi connectivity index (χ3v) is 3.36. The molecule has 2 heterocycles. The zero-order valence-corrected chi connectivity index (χ0v) is 11.7. The Morgan fingerprint density at radius 3 is 2.85 bits per heavy atom. The molecule has 0 unspecified atom stereocenters. The van der Waals surface area contributed by atoms with Crippen LogP contribution in [0.3, 0.4) is 0 Å². The minimum atomic E-state index is 0.733. The highest BCUT2D eigenvalue weighted by Crippen LogP contribution is 2.17. The third kappa shape index (κ3) is 2.34. The van der Waals surface area contributed by atoms with E-state index in [1.807, 2.05) is 11.6 Å². The van der Waals surface area contributed by atoms with E-state index in [-0.39, 0.29) is 0 Å². The fourth-order valence-corrected chi connectivity index (χ4v) is 2.22. The van der Waals surface area contributed by atoms with E-state index in [4.69, 9.17) is 0 Å². The van der Waals surface area contributed by atoms with Gasteiger partial charge in [0.25, 0.3) is 0 Å². The molecule has 0 bridgehead atoms. The summed E-state index contributed by atoms with van der Waals surface area (Å²) < 4.78 is 1.89. The second-order valence-corrected chi connectivity index (χ2v) is 4.78. The number of rotatable bonds is 4. The molecule has 0 fully saturated rings. The fourth-order valence-electron chi connectivity index (χ4n) is 2.22. The lowest BCUT2D eigenvalue weighted by Crippen LogP contribution is -2.03. The van der Waals surface area contributed by atoms with E-state index in [0.717, 1.165) is 29.9 Å². The van der Waals surface area contributed by atoms with Crippen LogP contribution in [0.5, 0.6) is 0 Å². The van der Waals surface area contributed by atoms with Crippen LogP contribution in [0.2, 0.25) is 0 Å². The minimum absolute atomic E-state index is 0.733. The van der Waals surface area contributed by atoms with E-state index in [1.54, 1.807) is 12.7 Å². The highest BCUT2D eigenvalue weighted by atomic mass is 15.1. The first kappa shape index (κ1) is 12.6. The Kier molecular flexibility index (Phi) is 3.33. The summed E-state index contributed by atoms with van der Waals surface area (Å²) in [5, 5.41) is 3.34. The van der Waals surface area contributed by atoms with Gasteiger partial charge in [0.1, 0.15) is 11.8 Å². The Bertz CT molecular complexity index is 732. The molecule has 102 valence electrons. The van der Waals surface area contributed by atoms with Crippen molar-refractivity contribution in [2.24, 2.45) is 7.05 Å². The second kappa shape index (κ2) is 5.28. The van der Waals surface area contributed by atoms with Gasteiger partial charge in [0.05, 0.1) is 6.33 Å². The molecular formula is C15H17N5. The van der Waals surface area contributed by atoms with Gasteiger partial charge in [-0.25, -0.2) is 15.0 Å². The molecule has 0 radical (unpaired) electrons. The van der Waals surface area contributed by atoms with E-state index in [2.05, 4.69) is 51.5 Å². The second-order valence-electron chi connectivity index (χ2n) is 4.78. The Balaban J connectivity index is 1.83. The van der Waals surface area contributed by atoms with Crippen molar-refractivity contribution in [2.45, 2.75) is 19.9 Å². The van der Waals surface area contributed by atoms with Crippen molar-refractivity contribution in [1.82, 2.24) is 19.5 Å². The molecule has 0 aliphatic heterocycles. The number of nitrogens with one attached hydrogen (secondary N) is 1. The largest absolute Gasteiger partial charge is 0.364 e. The Labute approximate surface area is 117 Å². The molecule has 5 heteroatoms. The van der Waals surface area contributed by atoms with Crippen molar-refractivity contribution in [3.8, 4) is 0 Å². The molecule has 20 heavy (non-hydrogen) atoms. The summed E-state index contributed by atoms with van der Waals surface area (Å²) in [7, 11) is 1.93. The molecule has 5 nitrogen and oxygen atoms in total. The molecule has 1 N–H and O–H groups in total. The molecule has 0 spiro atoms. The average molecular weight is 267 g/mol. The Morgan fingerprint density at radius 1 is 1.15 bits per heavy atom. The van der Waals surface area contributed by atoms with Crippen LogP contribution < -0.4 is 5.32 Å². The lowest BCUT2D eigenvalue weighted by Gasteiger charge is -2.07. The zero-order valence-electron chi connectivity index (χ0n) is 11.7. The van der Waals surface area contributed by atoms with Gasteiger partial charge in [0.2, 0.25) is 0 Å². The van der Waals surface area contributed by atoms with Crippen molar-refractivity contribution in [1.29, 1.82) is 0 Å². The molecule has 2 aromatic heterocycles. The van der Waals surface area contributed by atoms with Gasteiger partial charge in [-0.2, -0.15) is 0 Å². The van der Waals surface area contributed by atoms with Crippen molar-refractivity contribution >= 4 is 17.0 Å². The molecule has 0 saturated carbocycles. The summed E-state index contributed by atoms with van der Waals surface area (Å²) in [5.41, 5.74) is 4.23. The van der Waals surface area contributed by atoms with Crippen LogP contribution in [0, 0.1) is 0 Å². The summed E-state index contributed by atoms with van der Waals surface area (Å²) in [6.07, 6.45) is 4.36. The van der Waals surface area contributed by atoms with Gasteiger partial charge in [0, 0.05) is 13.6 Å². The van der Waals surface area contributed by atoms with Crippen LogP contribution >= 0.6 is 0 Å². The van der Waals surface area contributed by atoms with Crippen molar-refractivity contribution < 1.29 is 0 Å². The number of hydrogen-bond acceptors (Lipinski definition) is 4. The van der Waals surface area contributed by atoms with Gasteiger partial charge in [0.15, 0.2) is 11.5 Å².